The van der Waals surface area contributed by atoms with Crippen molar-refractivity contribution >= 4 is 0 Å². The maximum Gasteiger partial charge on any atom is 0.119 e. The Balaban J connectivity index is 1.79. The summed E-state index contributed by atoms with van der Waals surface area (Å²) >= 11 is 0. The molecule has 0 fully saturated rings. The number of rotatable bonds is 7. The van der Waals surface area contributed by atoms with Gasteiger partial charge < -0.3 is 10.1 Å². The highest BCUT2D eigenvalue weighted by Crippen LogP contribution is 2.18. The molecular formula is C15H22N4O. The first-order valence-corrected chi connectivity index (χ1v) is 6.95. The second-order valence-electron chi connectivity index (χ2n) is 5.08. The van der Waals surface area contributed by atoms with E-state index in [1.807, 2.05) is 25.4 Å². The van der Waals surface area contributed by atoms with Gasteiger partial charge in [-0.1, -0.05) is 31.2 Å². The van der Waals surface area contributed by atoms with Crippen molar-refractivity contribution in [3.05, 3.63) is 41.7 Å². The third kappa shape index (κ3) is 4.06. The standard InChI is InChI=1S/C15H22N4O/c1-12(2)13-4-6-15(7-5-13)20-9-8-19-11-14(10-16-3)17-18-19/h4-7,11-12,16H,8-10H2,1-3H3. The highest BCUT2D eigenvalue weighted by Gasteiger charge is 2.01. The molecule has 0 spiro atoms. The van der Waals surface area contributed by atoms with E-state index in [9.17, 15) is 0 Å². The van der Waals surface area contributed by atoms with Crippen LogP contribution in [0.4, 0.5) is 0 Å². The average Bonchev–Trinajstić information content (AvgIpc) is 2.87. The van der Waals surface area contributed by atoms with E-state index in [-0.39, 0.29) is 0 Å². The van der Waals surface area contributed by atoms with E-state index in [0.29, 0.717) is 19.1 Å². The molecule has 0 aliphatic carbocycles. The lowest BCUT2D eigenvalue weighted by Gasteiger charge is -2.08. The first-order valence-electron chi connectivity index (χ1n) is 6.95. The zero-order valence-corrected chi connectivity index (χ0v) is 12.3. The Morgan fingerprint density at radius 2 is 2.00 bits per heavy atom. The summed E-state index contributed by atoms with van der Waals surface area (Å²) in [6.07, 6.45) is 1.93. The van der Waals surface area contributed by atoms with Gasteiger partial charge in [0.1, 0.15) is 12.4 Å². The number of hydrogen-bond acceptors (Lipinski definition) is 4. The number of aromatic nitrogens is 3. The first kappa shape index (κ1) is 14.5. The van der Waals surface area contributed by atoms with Gasteiger partial charge in [-0.05, 0) is 30.7 Å². The lowest BCUT2D eigenvalue weighted by Crippen LogP contribution is -2.09. The molecule has 0 radical (unpaired) electrons. The molecule has 2 aromatic rings. The predicted molar refractivity (Wildman–Crippen MR) is 78.8 cm³/mol. The predicted octanol–water partition coefficient (Wildman–Crippen LogP) is 2.20. The minimum atomic E-state index is 0.546. The van der Waals surface area contributed by atoms with Gasteiger partial charge in [-0.2, -0.15) is 0 Å². The van der Waals surface area contributed by atoms with Crippen molar-refractivity contribution in [2.75, 3.05) is 13.7 Å². The van der Waals surface area contributed by atoms with Gasteiger partial charge in [0.25, 0.3) is 0 Å². The molecule has 1 heterocycles. The molecule has 0 aliphatic rings. The average molecular weight is 274 g/mol. The summed E-state index contributed by atoms with van der Waals surface area (Å²) in [5.41, 5.74) is 2.26. The van der Waals surface area contributed by atoms with Crippen LogP contribution in [0.25, 0.3) is 0 Å². The van der Waals surface area contributed by atoms with Gasteiger partial charge >= 0.3 is 0 Å². The number of benzene rings is 1. The summed E-state index contributed by atoms with van der Waals surface area (Å²) in [6.45, 7) is 6.39. The highest BCUT2D eigenvalue weighted by molar-refractivity contribution is 5.28. The maximum absolute atomic E-state index is 5.71. The Kier molecular flexibility index (Phi) is 5.12. The maximum atomic E-state index is 5.71. The summed E-state index contributed by atoms with van der Waals surface area (Å²) < 4.78 is 7.51. The van der Waals surface area contributed by atoms with Gasteiger partial charge in [0.05, 0.1) is 12.2 Å². The second kappa shape index (κ2) is 7.05. The fourth-order valence-corrected chi connectivity index (χ4v) is 1.92. The summed E-state index contributed by atoms with van der Waals surface area (Å²) in [7, 11) is 1.89. The van der Waals surface area contributed by atoms with Crippen LogP contribution in [0.3, 0.4) is 0 Å². The molecule has 0 amide bonds. The monoisotopic (exact) mass is 274 g/mol. The largest absolute Gasteiger partial charge is 0.492 e. The van der Waals surface area contributed by atoms with Gasteiger partial charge in [0.15, 0.2) is 0 Å². The van der Waals surface area contributed by atoms with Crippen LogP contribution in [0, 0.1) is 0 Å². The smallest absolute Gasteiger partial charge is 0.119 e. The Hall–Kier alpha value is -1.88. The number of hydrogen-bond donors (Lipinski definition) is 1. The summed E-state index contributed by atoms with van der Waals surface area (Å²) in [6, 6.07) is 8.26. The lowest BCUT2D eigenvalue weighted by atomic mass is 10.0. The van der Waals surface area contributed by atoms with E-state index in [2.05, 4.69) is 41.6 Å². The van der Waals surface area contributed by atoms with E-state index in [4.69, 9.17) is 4.74 Å². The van der Waals surface area contributed by atoms with Crippen LogP contribution in [0.2, 0.25) is 0 Å². The van der Waals surface area contributed by atoms with Crippen molar-refractivity contribution < 1.29 is 4.74 Å². The molecule has 0 atom stereocenters. The van der Waals surface area contributed by atoms with Gasteiger partial charge in [-0.3, -0.25) is 0 Å². The van der Waals surface area contributed by atoms with E-state index in [1.54, 1.807) is 4.68 Å². The van der Waals surface area contributed by atoms with Gasteiger partial charge in [-0.15, -0.1) is 5.10 Å². The van der Waals surface area contributed by atoms with Crippen molar-refractivity contribution in [1.29, 1.82) is 0 Å². The summed E-state index contributed by atoms with van der Waals surface area (Å²) in [4.78, 5) is 0. The molecule has 1 aromatic carbocycles. The first-order chi connectivity index (χ1) is 9.69. The minimum absolute atomic E-state index is 0.546. The molecule has 0 saturated heterocycles. The fraction of sp³-hybridized carbons (Fsp3) is 0.467. The van der Waals surface area contributed by atoms with Crippen LogP contribution in [-0.2, 0) is 13.1 Å². The molecule has 0 bridgehead atoms. The molecule has 0 saturated carbocycles. The molecule has 0 unspecified atom stereocenters. The quantitative estimate of drug-likeness (QED) is 0.841. The molecule has 108 valence electrons. The van der Waals surface area contributed by atoms with Crippen LogP contribution in [0.1, 0.15) is 31.0 Å². The van der Waals surface area contributed by atoms with E-state index >= 15 is 0 Å². The van der Waals surface area contributed by atoms with Gasteiger partial charge in [0.2, 0.25) is 0 Å². The van der Waals surface area contributed by atoms with Crippen molar-refractivity contribution in [2.24, 2.45) is 0 Å². The van der Waals surface area contributed by atoms with Gasteiger partial charge in [0, 0.05) is 12.7 Å². The number of ether oxygens (including phenoxy) is 1. The second-order valence-corrected chi connectivity index (χ2v) is 5.08. The van der Waals surface area contributed by atoms with E-state index in [1.165, 1.54) is 5.56 Å². The van der Waals surface area contributed by atoms with Crippen LogP contribution in [-0.4, -0.2) is 28.6 Å². The van der Waals surface area contributed by atoms with Gasteiger partial charge in [-0.25, -0.2) is 4.68 Å². The zero-order chi connectivity index (χ0) is 14.4. The molecule has 5 heteroatoms. The van der Waals surface area contributed by atoms with Crippen molar-refractivity contribution in [2.45, 2.75) is 32.9 Å². The van der Waals surface area contributed by atoms with Crippen LogP contribution < -0.4 is 10.1 Å². The molecule has 0 aliphatic heterocycles. The Morgan fingerprint density at radius 1 is 1.25 bits per heavy atom. The van der Waals surface area contributed by atoms with Crippen molar-refractivity contribution in [3.8, 4) is 5.75 Å². The lowest BCUT2D eigenvalue weighted by molar-refractivity contribution is 0.289. The van der Waals surface area contributed by atoms with Crippen LogP contribution >= 0.6 is 0 Å². The van der Waals surface area contributed by atoms with Crippen LogP contribution in [0.5, 0.6) is 5.75 Å². The van der Waals surface area contributed by atoms with Crippen molar-refractivity contribution in [3.63, 3.8) is 0 Å². The van der Waals surface area contributed by atoms with Crippen LogP contribution in [0.15, 0.2) is 30.5 Å². The molecule has 1 N–H and O–H groups in total. The molecular weight excluding hydrogens is 252 g/mol. The topological polar surface area (TPSA) is 52.0 Å². The Labute approximate surface area is 120 Å². The third-order valence-corrected chi connectivity index (χ3v) is 3.08. The normalized spacial score (nSPS) is 11.0. The molecule has 2 rings (SSSR count). The van der Waals surface area contributed by atoms with E-state index in [0.717, 1.165) is 18.0 Å². The summed E-state index contributed by atoms with van der Waals surface area (Å²) in [5.74, 6) is 1.44. The molecule has 1 aromatic heterocycles. The van der Waals surface area contributed by atoms with E-state index < -0.39 is 0 Å². The SMILES string of the molecule is CNCc1cn(CCOc2ccc(C(C)C)cc2)nn1. The Morgan fingerprint density at radius 3 is 2.65 bits per heavy atom. The summed E-state index contributed by atoms with van der Waals surface area (Å²) in [5, 5.41) is 11.2. The molecule has 20 heavy (non-hydrogen) atoms. The highest BCUT2D eigenvalue weighted by atomic mass is 16.5. The minimum Gasteiger partial charge on any atom is -0.492 e. The number of nitrogens with one attached hydrogen (secondary N) is 1. The molecule has 5 nitrogen and oxygen atoms in total. The Bertz CT molecular complexity index is 519. The number of nitrogens with zero attached hydrogens (tertiary/aromatic N) is 3. The van der Waals surface area contributed by atoms with Crippen molar-refractivity contribution in [1.82, 2.24) is 20.3 Å². The zero-order valence-electron chi connectivity index (χ0n) is 12.3. The fourth-order valence-electron chi connectivity index (χ4n) is 1.92. The third-order valence-electron chi connectivity index (χ3n) is 3.08.